The summed E-state index contributed by atoms with van der Waals surface area (Å²) in [4.78, 5) is 14.3. The molecular formula is C15H25N3O. The number of benzene rings is 1. The van der Waals surface area contributed by atoms with Crippen LogP contribution in [0.4, 0.5) is 0 Å². The summed E-state index contributed by atoms with van der Waals surface area (Å²) in [5, 5.41) is 3.13. The molecule has 4 nitrogen and oxygen atoms in total. The van der Waals surface area contributed by atoms with Crippen molar-refractivity contribution in [2.75, 3.05) is 26.7 Å². The van der Waals surface area contributed by atoms with E-state index in [-0.39, 0.29) is 5.91 Å². The number of nitrogens with zero attached hydrogens (tertiary/aromatic N) is 1. The fraction of sp³-hybridized carbons (Fsp3) is 0.533. The van der Waals surface area contributed by atoms with Gasteiger partial charge in [-0.3, -0.25) is 4.79 Å². The van der Waals surface area contributed by atoms with E-state index in [0.29, 0.717) is 6.42 Å². The molecule has 106 valence electrons. The van der Waals surface area contributed by atoms with E-state index >= 15 is 0 Å². The van der Waals surface area contributed by atoms with Crippen LogP contribution < -0.4 is 11.1 Å². The average molecular weight is 263 g/mol. The van der Waals surface area contributed by atoms with Crippen LogP contribution in [0, 0.1) is 0 Å². The van der Waals surface area contributed by atoms with Crippen LogP contribution in [0.2, 0.25) is 0 Å². The van der Waals surface area contributed by atoms with Crippen molar-refractivity contribution in [2.45, 2.75) is 25.8 Å². The first kappa shape index (κ1) is 15.7. The van der Waals surface area contributed by atoms with E-state index in [0.717, 1.165) is 25.2 Å². The first-order chi connectivity index (χ1) is 9.10. The molecule has 0 aliphatic rings. The molecule has 0 fully saturated rings. The van der Waals surface area contributed by atoms with Crippen molar-refractivity contribution in [3.05, 3.63) is 35.9 Å². The standard InChI is InChI=1S/C15H25N3O/c1-4-18(5-2)12-11-15(17-3,14(16)19)13-9-7-6-8-10-13/h6-10,17H,4-5,11-12H2,1-3H3,(H2,16,19). The Morgan fingerprint density at radius 1 is 1.26 bits per heavy atom. The number of rotatable bonds is 8. The molecule has 3 N–H and O–H groups in total. The van der Waals surface area contributed by atoms with Gasteiger partial charge >= 0.3 is 0 Å². The number of likely N-dealkylation sites (N-methyl/N-ethyl adjacent to an activating group) is 1. The highest BCUT2D eigenvalue weighted by Crippen LogP contribution is 2.24. The Balaban J connectivity index is 2.97. The molecular weight excluding hydrogens is 238 g/mol. The summed E-state index contributed by atoms with van der Waals surface area (Å²) in [6, 6.07) is 9.70. The van der Waals surface area contributed by atoms with Gasteiger partial charge in [0.05, 0.1) is 0 Å². The summed E-state index contributed by atoms with van der Waals surface area (Å²) in [6.07, 6.45) is 0.671. The van der Waals surface area contributed by atoms with Gasteiger partial charge in [0, 0.05) is 6.54 Å². The minimum atomic E-state index is -0.788. The van der Waals surface area contributed by atoms with E-state index in [2.05, 4.69) is 24.1 Å². The van der Waals surface area contributed by atoms with Gasteiger partial charge in [0.2, 0.25) is 5.91 Å². The molecule has 19 heavy (non-hydrogen) atoms. The Kier molecular flexibility index (Phi) is 5.99. The molecule has 1 aromatic carbocycles. The zero-order chi connectivity index (χ0) is 14.3. The number of carbonyl (C=O) groups is 1. The summed E-state index contributed by atoms with van der Waals surface area (Å²) < 4.78 is 0. The largest absolute Gasteiger partial charge is 0.368 e. The van der Waals surface area contributed by atoms with Crippen LogP contribution in [0.3, 0.4) is 0 Å². The van der Waals surface area contributed by atoms with Crippen molar-refractivity contribution in [1.82, 2.24) is 10.2 Å². The predicted octanol–water partition coefficient (Wildman–Crippen LogP) is 1.32. The van der Waals surface area contributed by atoms with Gasteiger partial charge < -0.3 is 16.0 Å². The zero-order valence-electron chi connectivity index (χ0n) is 12.1. The molecule has 0 radical (unpaired) electrons. The fourth-order valence-electron chi connectivity index (χ4n) is 2.39. The molecule has 1 atom stereocenters. The molecule has 1 rings (SSSR count). The van der Waals surface area contributed by atoms with Crippen LogP contribution in [-0.4, -0.2) is 37.5 Å². The highest BCUT2D eigenvalue weighted by Gasteiger charge is 2.36. The second-order valence-electron chi connectivity index (χ2n) is 4.66. The van der Waals surface area contributed by atoms with Crippen molar-refractivity contribution in [1.29, 1.82) is 0 Å². The van der Waals surface area contributed by atoms with E-state index in [9.17, 15) is 4.79 Å². The van der Waals surface area contributed by atoms with Gasteiger partial charge in [0.25, 0.3) is 0 Å². The second kappa shape index (κ2) is 7.26. The molecule has 0 aromatic heterocycles. The van der Waals surface area contributed by atoms with Gasteiger partial charge in [0.1, 0.15) is 5.54 Å². The minimum absolute atomic E-state index is 0.326. The number of nitrogens with one attached hydrogen (secondary N) is 1. The summed E-state index contributed by atoms with van der Waals surface area (Å²) in [5.41, 5.74) is 5.80. The summed E-state index contributed by atoms with van der Waals surface area (Å²) in [6.45, 7) is 7.04. The Bertz CT molecular complexity index is 390. The number of hydrogen-bond acceptors (Lipinski definition) is 3. The van der Waals surface area contributed by atoms with Crippen LogP contribution in [0.5, 0.6) is 0 Å². The molecule has 1 unspecified atom stereocenters. The lowest BCUT2D eigenvalue weighted by Gasteiger charge is -2.33. The third kappa shape index (κ3) is 3.55. The third-order valence-corrected chi connectivity index (χ3v) is 3.81. The SMILES string of the molecule is CCN(CC)CCC(NC)(C(N)=O)c1ccccc1. The van der Waals surface area contributed by atoms with E-state index in [1.165, 1.54) is 0 Å². The lowest BCUT2D eigenvalue weighted by molar-refractivity contribution is -0.125. The number of nitrogens with two attached hydrogens (primary N) is 1. The first-order valence-corrected chi connectivity index (χ1v) is 6.87. The quantitative estimate of drug-likeness (QED) is 0.743. The predicted molar refractivity (Wildman–Crippen MR) is 78.8 cm³/mol. The van der Waals surface area contributed by atoms with Crippen molar-refractivity contribution in [3.8, 4) is 0 Å². The molecule has 0 spiro atoms. The topological polar surface area (TPSA) is 58.4 Å². The molecule has 1 aromatic rings. The van der Waals surface area contributed by atoms with Gasteiger partial charge in [0.15, 0.2) is 0 Å². The van der Waals surface area contributed by atoms with Crippen molar-refractivity contribution >= 4 is 5.91 Å². The Morgan fingerprint density at radius 2 is 1.84 bits per heavy atom. The maximum absolute atomic E-state index is 12.0. The van der Waals surface area contributed by atoms with Gasteiger partial charge in [-0.2, -0.15) is 0 Å². The molecule has 0 saturated carbocycles. The summed E-state index contributed by atoms with van der Waals surface area (Å²) in [5.74, 6) is -0.326. The van der Waals surface area contributed by atoms with Crippen LogP contribution in [0.15, 0.2) is 30.3 Å². The number of primary amides is 1. The van der Waals surface area contributed by atoms with Crippen molar-refractivity contribution in [3.63, 3.8) is 0 Å². The highest BCUT2D eigenvalue weighted by atomic mass is 16.1. The summed E-state index contributed by atoms with van der Waals surface area (Å²) >= 11 is 0. The van der Waals surface area contributed by atoms with E-state index in [1.54, 1.807) is 7.05 Å². The zero-order valence-corrected chi connectivity index (χ0v) is 12.1. The molecule has 0 heterocycles. The first-order valence-electron chi connectivity index (χ1n) is 6.87. The maximum atomic E-state index is 12.0. The third-order valence-electron chi connectivity index (χ3n) is 3.81. The van der Waals surface area contributed by atoms with Gasteiger partial charge in [-0.1, -0.05) is 44.2 Å². The summed E-state index contributed by atoms with van der Waals surface area (Å²) in [7, 11) is 1.79. The van der Waals surface area contributed by atoms with Gasteiger partial charge in [-0.05, 0) is 32.1 Å². The van der Waals surface area contributed by atoms with Gasteiger partial charge in [-0.25, -0.2) is 0 Å². The lowest BCUT2D eigenvalue weighted by atomic mass is 9.85. The molecule has 0 aliphatic heterocycles. The molecule has 1 amide bonds. The molecule has 0 bridgehead atoms. The normalized spacial score (nSPS) is 14.3. The molecule has 4 heteroatoms. The fourth-order valence-corrected chi connectivity index (χ4v) is 2.39. The monoisotopic (exact) mass is 263 g/mol. The average Bonchev–Trinajstić information content (AvgIpc) is 2.45. The minimum Gasteiger partial charge on any atom is -0.368 e. The van der Waals surface area contributed by atoms with Crippen molar-refractivity contribution in [2.24, 2.45) is 5.73 Å². The molecule has 0 aliphatic carbocycles. The maximum Gasteiger partial charge on any atom is 0.242 e. The van der Waals surface area contributed by atoms with Gasteiger partial charge in [-0.15, -0.1) is 0 Å². The van der Waals surface area contributed by atoms with Crippen molar-refractivity contribution < 1.29 is 4.79 Å². The Morgan fingerprint density at radius 3 is 2.26 bits per heavy atom. The number of hydrogen-bond donors (Lipinski definition) is 2. The van der Waals surface area contributed by atoms with E-state index in [4.69, 9.17) is 5.73 Å². The number of carbonyl (C=O) groups excluding carboxylic acids is 1. The Labute approximate surface area is 116 Å². The van der Waals surface area contributed by atoms with Crippen LogP contribution in [0.1, 0.15) is 25.8 Å². The second-order valence-corrected chi connectivity index (χ2v) is 4.66. The van der Waals surface area contributed by atoms with Crippen LogP contribution in [0.25, 0.3) is 0 Å². The highest BCUT2D eigenvalue weighted by molar-refractivity contribution is 5.86. The lowest BCUT2D eigenvalue weighted by Crippen LogP contribution is -2.52. The van der Waals surface area contributed by atoms with E-state index in [1.807, 2.05) is 30.3 Å². The smallest absolute Gasteiger partial charge is 0.242 e. The molecule has 0 saturated heterocycles. The van der Waals surface area contributed by atoms with Crippen LogP contribution >= 0.6 is 0 Å². The number of amides is 1. The Hall–Kier alpha value is -1.39. The van der Waals surface area contributed by atoms with E-state index < -0.39 is 5.54 Å². The van der Waals surface area contributed by atoms with Crippen LogP contribution in [-0.2, 0) is 10.3 Å².